The molecule has 0 radical (unpaired) electrons. The van der Waals surface area contributed by atoms with E-state index < -0.39 is 12.0 Å². The van der Waals surface area contributed by atoms with Crippen LogP contribution in [0.15, 0.2) is 5.38 Å². The average Bonchev–Trinajstić information content (AvgIpc) is 2.87. The first-order valence-electron chi connectivity index (χ1n) is 6.89. The van der Waals surface area contributed by atoms with E-state index >= 15 is 0 Å². The summed E-state index contributed by atoms with van der Waals surface area (Å²) in [7, 11) is 0. The Morgan fingerprint density at radius 2 is 2.20 bits per heavy atom. The zero-order chi connectivity index (χ0) is 14.9. The fourth-order valence-electron chi connectivity index (χ4n) is 2.42. The topological polar surface area (TPSA) is 70.5 Å². The molecule has 1 aromatic rings. The van der Waals surface area contributed by atoms with Crippen molar-refractivity contribution in [2.75, 3.05) is 6.54 Å². The van der Waals surface area contributed by atoms with E-state index in [2.05, 4.69) is 4.98 Å². The fourth-order valence-corrected chi connectivity index (χ4v) is 3.23. The number of hydrogen-bond donors (Lipinski definition) is 1. The predicted molar refractivity (Wildman–Crippen MR) is 77.1 cm³/mol. The number of thiazole rings is 1. The normalized spacial score (nSPS) is 23.1. The van der Waals surface area contributed by atoms with Gasteiger partial charge in [-0.05, 0) is 18.8 Å². The number of piperidine rings is 1. The number of rotatable bonds is 3. The van der Waals surface area contributed by atoms with E-state index in [1.54, 1.807) is 5.38 Å². The van der Waals surface area contributed by atoms with Crippen LogP contribution < -0.4 is 0 Å². The molecule has 2 unspecified atom stereocenters. The lowest BCUT2D eigenvalue weighted by molar-refractivity contribution is -0.144. The summed E-state index contributed by atoms with van der Waals surface area (Å²) in [6, 6.07) is -0.726. The molecule has 0 spiro atoms. The predicted octanol–water partition coefficient (Wildman–Crippen LogP) is 2.59. The monoisotopic (exact) mass is 296 g/mol. The zero-order valence-electron chi connectivity index (χ0n) is 12.0. The summed E-state index contributed by atoms with van der Waals surface area (Å²) in [5, 5.41) is 11.9. The van der Waals surface area contributed by atoms with Crippen molar-refractivity contribution in [1.82, 2.24) is 9.88 Å². The van der Waals surface area contributed by atoms with Gasteiger partial charge in [-0.25, -0.2) is 9.78 Å². The largest absolute Gasteiger partial charge is 0.480 e. The minimum absolute atomic E-state index is 0.257. The number of carboxylic acids is 1. The van der Waals surface area contributed by atoms with Crippen LogP contribution in [0, 0.1) is 5.92 Å². The Morgan fingerprint density at radius 1 is 1.50 bits per heavy atom. The highest BCUT2D eigenvalue weighted by atomic mass is 32.1. The van der Waals surface area contributed by atoms with E-state index in [9.17, 15) is 14.7 Å². The Balaban J connectivity index is 2.19. The second-order valence-electron chi connectivity index (χ2n) is 5.71. The summed E-state index contributed by atoms with van der Waals surface area (Å²) < 4.78 is 0. The van der Waals surface area contributed by atoms with Crippen molar-refractivity contribution in [3.8, 4) is 0 Å². The first-order chi connectivity index (χ1) is 9.40. The molecule has 2 rings (SSSR count). The SMILES string of the molecule is CC1CCN(C(=O)c2csc(C(C)C)n2)C(C(=O)O)C1. The second kappa shape index (κ2) is 5.91. The molecule has 1 aliphatic heterocycles. The van der Waals surface area contributed by atoms with Crippen LogP contribution in [0.2, 0.25) is 0 Å². The van der Waals surface area contributed by atoms with E-state index in [1.807, 2.05) is 20.8 Å². The third-order valence-corrected chi connectivity index (χ3v) is 4.79. The summed E-state index contributed by atoms with van der Waals surface area (Å²) >= 11 is 1.45. The summed E-state index contributed by atoms with van der Waals surface area (Å²) in [5.41, 5.74) is 0.375. The number of aromatic nitrogens is 1. The lowest BCUT2D eigenvalue weighted by Crippen LogP contribution is -2.49. The number of carbonyl (C=O) groups excluding carboxylic acids is 1. The molecule has 1 N–H and O–H groups in total. The molecule has 2 atom stereocenters. The Bertz CT molecular complexity index is 512. The summed E-state index contributed by atoms with van der Waals surface area (Å²) in [6.07, 6.45) is 1.36. The van der Waals surface area contributed by atoms with Gasteiger partial charge in [0.15, 0.2) is 0 Å². The highest BCUT2D eigenvalue weighted by Crippen LogP contribution is 2.26. The van der Waals surface area contributed by atoms with Crippen molar-refractivity contribution in [2.45, 2.75) is 45.6 Å². The number of aliphatic carboxylic acids is 1. The van der Waals surface area contributed by atoms with Crippen LogP contribution >= 0.6 is 11.3 Å². The van der Waals surface area contributed by atoms with Gasteiger partial charge in [0.05, 0.1) is 5.01 Å². The molecule has 5 nitrogen and oxygen atoms in total. The van der Waals surface area contributed by atoms with Gasteiger partial charge in [0.2, 0.25) is 0 Å². The highest BCUT2D eigenvalue weighted by molar-refractivity contribution is 7.09. The van der Waals surface area contributed by atoms with Crippen molar-refractivity contribution < 1.29 is 14.7 Å². The molecule has 0 aliphatic carbocycles. The quantitative estimate of drug-likeness (QED) is 0.930. The number of likely N-dealkylation sites (tertiary alicyclic amines) is 1. The maximum Gasteiger partial charge on any atom is 0.326 e. The third-order valence-electron chi connectivity index (χ3n) is 3.65. The summed E-state index contributed by atoms with van der Waals surface area (Å²) in [4.78, 5) is 29.6. The van der Waals surface area contributed by atoms with E-state index in [1.165, 1.54) is 16.2 Å². The van der Waals surface area contributed by atoms with Crippen molar-refractivity contribution in [3.63, 3.8) is 0 Å². The second-order valence-corrected chi connectivity index (χ2v) is 6.60. The van der Waals surface area contributed by atoms with Crippen LogP contribution in [-0.4, -0.2) is 39.5 Å². The first kappa shape index (κ1) is 15.0. The maximum atomic E-state index is 12.5. The number of carboxylic acid groups (broad SMARTS) is 1. The molecule has 2 heterocycles. The average molecular weight is 296 g/mol. The van der Waals surface area contributed by atoms with Crippen LogP contribution in [0.5, 0.6) is 0 Å². The Labute approximate surface area is 122 Å². The molecule has 1 aromatic heterocycles. The third kappa shape index (κ3) is 3.00. The minimum atomic E-state index is -0.927. The molecule has 6 heteroatoms. The molecular weight excluding hydrogens is 276 g/mol. The minimum Gasteiger partial charge on any atom is -0.480 e. The molecule has 110 valence electrons. The zero-order valence-corrected chi connectivity index (χ0v) is 12.8. The van der Waals surface area contributed by atoms with Gasteiger partial charge in [0.25, 0.3) is 5.91 Å². The van der Waals surface area contributed by atoms with E-state index in [4.69, 9.17) is 0 Å². The van der Waals surface area contributed by atoms with Crippen molar-refractivity contribution >= 4 is 23.2 Å². The van der Waals surface area contributed by atoms with Gasteiger partial charge >= 0.3 is 5.97 Å². The molecule has 0 saturated carbocycles. The molecule has 1 aliphatic rings. The summed E-state index contributed by atoms with van der Waals surface area (Å²) in [6.45, 7) is 6.56. The smallest absolute Gasteiger partial charge is 0.326 e. The first-order valence-corrected chi connectivity index (χ1v) is 7.77. The molecule has 0 bridgehead atoms. The highest BCUT2D eigenvalue weighted by Gasteiger charge is 2.35. The van der Waals surface area contributed by atoms with Crippen molar-refractivity contribution in [1.29, 1.82) is 0 Å². The van der Waals surface area contributed by atoms with Crippen LogP contribution in [0.4, 0.5) is 0 Å². The van der Waals surface area contributed by atoms with E-state index in [0.29, 0.717) is 24.6 Å². The molecular formula is C14H20N2O3S. The Hall–Kier alpha value is -1.43. The Morgan fingerprint density at radius 3 is 2.75 bits per heavy atom. The van der Waals surface area contributed by atoms with E-state index in [0.717, 1.165) is 11.4 Å². The lowest BCUT2D eigenvalue weighted by atomic mass is 9.92. The number of carbonyl (C=O) groups is 2. The van der Waals surface area contributed by atoms with Gasteiger partial charge in [-0.3, -0.25) is 4.79 Å². The van der Waals surface area contributed by atoms with Crippen LogP contribution in [0.3, 0.4) is 0 Å². The van der Waals surface area contributed by atoms with Gasteiger partial charge < -0.3 is 10.0 Å². The van der Waals surface area contributed by atoms with Crippen LogP contribution in [0.25, 0.3) is 0 Å². The molecule has 1 amide bonds. The van der Waals surface area contributed by atoms with Gasteiger partial charge in [0.1, 0.15) is 11.7 Å². The van der Waals surface area contributed by atoms with Gasteiger partial charge in [-0.2, -0.15) is 0 Å². The summed E-state index contributed by atoms with van der Waals surface area (Å²) in [5.74, 6) is -0.573. The maximum absolute atomic E-state index is 12.5. The van der Waals surface area contributed by atoms with Crippen LogP contribution in [-0.2, 0) is 4.79 Å². The van der Waals surface area contributed by atoms with Gasteiger partial charge in [0, 0.05) is 17.8 Å². The van der Waals surface area contributed by atoms with Crippen molar-refractivity contribution in [3.05, 3.63) is 16.1 Å². The molecule has 1 saturated heterocycles. The lowest BCUT2D eigenvalue weighted by Gasteiger charge is -2.35. The fraction of sp³-hybridized carbons (Fsp3) is 0.643. The van der Waals surface area contributed by atoms with Crippen LogP contribution in [0.1, 0.15) is 55.0 Å². The number of nitrogens with zero attached hydrogens (tertiary/aromatic N) is 2. The number of hydrogen-bond acceptors (Lipinski definition) is 4. The van der Waals surface area contributed by atoms with Crippen molar-refractivity contribution in [2.24, 2.45) is 5.92 Å². The Kier molecular flexibility index (Phi) is 4.42. The standard InChI is InChI=1S/C14H20N2O3S/c1-8(2)12-15-10(7-20-12)13(17)16-5-4-9(3)6-11(16)14(18)19/h7-9,11H,4-6H2,1-3H3,(H,18,19). The van der Waals surface area contributed by atoms with Gasteiger partial charge in [-0.15, -0.1) is 11.3 Å². The molecule has 20 heavy (non-hydrogen) atoms. The van der Waals surface area contributed by atoms with Gasteiger partial charge in [-0.1, -0.05) is 20.8 Å². The number of amides is 1. The molecule has 1 fully saturated rings. The molecule has 0 aromatic carbocycles. The van der Waals surface area contributed by atoms with E-state index in [-0.39, 0.29) is 11.8 Å².